The lowest BCUT2D eigenvalue weighted by molar-refractivity contribution is -0.141. The number of nitrogen functional groups attached to an aromatic ring is 1. The number of hydrogen-bond acceptors (Lipinski definition) is 3. The van der Waals surface area contributed by atoms with Crippen LogP contribution in [0.15, 0.2) is 36.4 Å². The molecule has 1 aliphatic carbocycles. The minimum Gasteiger partial charge on any atom is -0.481 e. The summed E-state index contributed by atoms with van der Waals surface area (Å²) in [6, 6.07) is 11.8. The highest BCUT2D eigenvalue weighted by molar-refractivity contribution is 6.35. The summed E-state index contributed by atoms with van der Waals surface area (Å²) < 4.78 is 0. The molecule has 6 heteroatoms. The summed E-state index contributed by atoms with van der Waals surface area (Å²) in [7, 11) is 2.10. The van der Waals surface area contributed by atoms with E-state index in [4.69, 9.17) is 34.0 Å². The fourth-order valence-corrected chi connectivity index (χ4v) is 4.68. The van der Waals surface area contributed by atoms with Crippen LogP contribution in [-0.4, -0.2) is 29.6 Å². The molecule has 3 N–H and O–H groups in total. The number of benzene rings is 2. The Hall–Kier alpha value is -1.75. The number of nitrogens with two attached hydrogens (primary N) is 1. The number of carboxylic acids is 1. The Balaban J connectivity index is 0.000000236. The molecule has 1 unspecified atom stereocenters. The van der Waals surface area contributed by atoms with Crippen molar-refractivity contribution in [2.75, 3.05) is 19.3 Å². The smallest absolute Gasteiger partial charge is 0.306 e. The summed E-state index contributed by atoms with van der Waals surface area (Å²) in [6.07, 6.45) is 4.01. The van der Waals surface area contributed by atoms with Crippen molar-refractivity contribution in [3.05, 3.63) is 63.1 Å². The van der Waals surface area contributed by atoms with Gasteiger partial charge in [-0.2, -0.15) is 0 Å². The maximum Gasteiger partial charge on any atom is 0.306 e. The quantitative estimate of drug-likeness (QED) is 0.636. The standard InChI is InChI=1S/C16H16Cl2N2.C6H10O2/c1-20-8-13(11-4-2-3-5-16(11)19)12-6-10(17)7-15(18)14(12)9-20;7-6(8)5-3-1-2-4-5/h2-7,13H,8-9,19H2,1H3;5H,1-4H2,(H,7,8). The predicted octanol–water partition coefficient (Wildman–Crippen LogP) is 5.41. The number of para-hydroxylation sites is 1. The van der Waals surface area contributed by atoms with E-state index in [-0.39, 0.29) is 11.8 Å². The molecule has 1 heterocycles. The number of fused-ring (bicyclic) bond motifs is 1. The maximum atomic E-state index is 10.2. The lowest BCUT2D eigenvalue weighted by Crippen LogP contribution is -2.31. The topological polar surface area (TPSA) is 66.6 Å². The molecule has 2 aromatic rings. The number of likely N-dealkylation sites (N-methyl/N-ethyl adjacent to an activating group) is 1. The molecule has 0 bridgehead atoms. The van der Waals surface area contributed by atoms with Gasteiger partial charge >= 0.3 is 5.97 Å². The molecule has 1 fully saturated rings. The zero-order valence-electron chi connectivity index (χ0n) is 16.0. The number of anilines is 1. The van der Waals surface area contributed by atoms with Gasteiger partial charge in [-0.3, -0.25) is 4.79 Å². The van der Waals surface area contributed by atoms with Crippen LogP contribution < -0.4 is 5.73 Å². The fraction of sp³-hybridized carbons (Fsp3) is 0.409. The Labute approximate surface area is 176 Å². The lowest BCUT2D eigenvalue weighted by atomic mass is 9.84. The van der Waals surface area contributed by atoms with Gasteiger partial charge in [0.25, 0.3) is 0 Å². The van der Waals surface area contributed by atoms with Crippen molar-refractivity contribution in [1.82, 2.24) is 4.90 Å². The summed E-state index contributed by atoms with van der Waals surface area (Å²) in [5.74, 6) is -0.418. The highest BCUT2D eigenvalue weighted by Gasteiger charge is 2.28. The van der Waals surface area contributed by atoms with E-state index in [0.717, 1.165) is 60.6 Å². The molecule has 0 aromatic heterocycles. The average molecular weight is 421 g/mol. The first-order chi connectivity index (χ1) is 13.4. The van der Waals surface area contributed by atoms with Gasteiger partial charge in [0.05, 0.1) is 5.92 Å². The first kappa shape index (κ1) is 21.0. The van der Waals surface area contributed by atoms with Crippen LogP contribution in [0.3, 0.4) is 0 Å². The van der Waals surface area contributed by atoms with Crippen LogP contribution in [0.4, 0.5) is 5.69 Å². The lowest BCUT2D eigenvalue weighted by Gasteiger charge is -2.33. The number of aliphatic carboxylic acids is 1. The zero-order chi connectivity index (χ0) is 20.3. The number of rotatable bonds is 2. The zero-order valence-corrected chi connectivity index (χ0v) is 17.5. The predicted molar refractivity (Wildman–Crippen MR) is 115 cm³/mol. The summed E-state index contributed by atoms with van der Waals surface area (Å²) in [5.41, 5.74) is 10.4. The number of halogens is 2. The van der Waals surface area contributed by atoms with Gasteiger partial charge in [-0.05, 0) is 54.8 Å². The van der Waals surface area contributed by atoms with Crippen LogP contribution in [-0.2, 0) is 11.3 Å². The Bertz CT molecular complexity index is 850. The van der Waals surface area contributed by atoms with Crippen molar-refractivity contribution in [2.45, 2.75) is 38.1 Å². The molecule has 0 spiro atoms. The average Bonchev–Trinajstić information content (AvgIpc) is 3.18. The molecule has 2 aromatic carbocycles. The molecule has 1 saturated carbocycles. The summed E-state index contributed by atoms with van der Waals surface area (Å²) in [5, 5.41) is 9.83. The summed E-state index contributed by atoms with van der Waals surface area (Å²) in [6.45, 7) is 1.76. The Morgan fingerprint density at radius 3 is 2.43 bits per heavy atom. The first-order valence-corrected chi connectivity index (χ1v) is 10.4. The van der Waals surface area contributed by atoms with Crippen molar-refractivity contribution < 1.29 is 9.90 Å². The van der Waals surface area contributed by atoms with Gasteiger partial charge in [0.1, 0.15) is 0 Å². The monoisotopic (exact) mass is 420 g/mol. The highest BCUT2D eigenvalue weighted by Crippen LogP contribution is 2.39. The molecule has 1 atom stereocenters. The third-order valence-electron chi connectivity index (χ3n) is 5.57. The second kappa shape index (κ2) is 9.17. The highest BCUT2D eigenvalue weighted by atomic mass is 35.5. The van der Waals surface area contributed by atoms with E-state index in [0.29, 0.717) is 5.02 Å². The van der Waals surface area contributed by atoms with Gasteiger partial charge in [-0.1, -0.05) is 54.2 Å². The van der Waals surface area contributed by atoms with Gasteiger partial charge < -0.3 is 15.7 Å². The van der Waals surface area contributed by atoms with Crippen molar-refractivity contribution in [3.63, 3.8) is 0 Å². The van der Waals surface area contributed by atoms with Gasteiger partial charge in [0.2, 0.25) is 0 Å². The molecule has 1 aliphatic heterocycles. The van der Waals surface area contributed by atoms with Crippen LogP contribution in [0, 0.1) is 5.92 Å². The van der Waals surface area contributed by atoms with E-state index in [2.05, 4.69) is 18.0 Å². The SMILES string of the molecule is CN1Cc2c(Cl)cc(Cl)cc2C(c2ccccc2N)C1.O=C(O)C1CCCC1. The molecule has 2 aliphatic rings. The van der Waals surface area contributed by atoms with Crippen LogP contribution in [0.1, 0.15) is 48.3 Å². The largest absolute Gasteiger partial charge is 0.481 e. The molecule has 4 nitrogen and oxygen atoms in total. The summed E-state index contributed by atoms with van der Waals surface area (Å²) in [4.78, 5) is 12.5. The number of hydrogen-bond donors (Lipinski definition) is 2. The first-order valence-electron chi connectivity index (χ1n) is 9.60. The van der Waals surface area contributed by atoms with E-state index in [1.165, 1.54) is 5.56 Å². The van der Waals surface area contributed by atoms with Crippen LogP contribution in [0.25, 0.3) is 0 Å². The minimum absolute atomic E-state index is 0.0185. The molecule has 28 heavy (non-hydrogen) atoms. The van der Waals surface area contributed by atoms with Gasteiger partial charge in [0.15, 0.2) is 0 Å². The van der Waals surface area contributed by atoms with Crippen LogP contribution in [0.2, 0.25) is 10.0 Å². The number of carbonyl (C=O) groups is 1. The van der Waals surface area contributed by atoms with Gasteiger partial charge in [-0.25, -0.2) is 0 Å². The van der Waals surface area contributed by atoms with E-state index in [1.807, 2.05) is 30.3 Å². The fourth-order valence-electron chi connectivity index (χ4n) is 4.11. The van der Waals surface area contributed by atoms with Crippen molar-refractivity contribution in [3.8, 4) is 0 Å². The number of carboxylic acid groups (broad SMARTS) is 1. The van der Waals surface area contributed by atoms with E-state index in [9.17, 15) is 4.79 Å². The van der Waals surface area contributed by atoms with Crippen molar-refractivity contribution in [1.29, 1.82) is 0 Å². The maximum absolute atomic E-state index is 10.2. The molecule has 4 rings (SSSR count). The molecule has 0 radical (unpaired) electrons. The second-order valence-corrected chi connectivity index (χ2v) is 8.50. The summed E-state index contributed by atoms with van der Waals surface area (Å²) >= 11 is 12.5. The second-order valence-electron chi connectivity index (χ2n) is 7.65. The van der Waals surface area contributed by atoms with E-state index < -0.39 is 5.97 Å². The van der Waals surface area contributed by atoms with Crippen molar-refractivity contribution >= 4 is 34.9 Å². The van der Waals surface area contributed by atoms with Gasteiger partial charge in [-0.15, -0.1) is 0 Å². The number of nitrogens with zero attached hydrogens (tertiary/aromatic N) is 1. The normalized spacial score (nSPS) is 19.6. The van der Waals surface area contributed by atoms with E-state index >= 15 is 0 Å². The van der Waals surface area contributed by atoms with Crippen LogP contribution >= 0.6 is 23.2 Å². The van der Waals surface area contributed by atoms with E-state index in [1.54, 1.807) is 0 Å². The molecule has 150 valence electrons. The molecular formula is C22H26Cl2N2O2. The third kappa shape index (κ3) is 4.80. The Kier molecular flexibility index (Phi) is 6.86. The third-order valence-corrected chi connectivity index (χ3v) is 6.12. The van der Waals surface area contributed by atoms with Crippen molar-refractivity contribution in [2.24, 2.45) is 5.92 Å². The Morgan fingerprint density at radius 2 is 1.82 bits per heavy atom. The molecule has 0 amide bonds. The minimum atomic E-state index is -0.609. The molecule has 0 saturated heterocycles. The molecular weight excluding hydrogens is 395 g/mol. The van der Waals surface area contributed by atoms with Gasteiger partial charge in [0, 0.05) is 34.7 Å². The van der Waals surface area contributed by atoms with Crippen LogP contribution in [0.5, 0.6) is 0 Å². The Morgan fingerprint density at radius 1 is 1.14 bits per heavy atom.